The molecule has 0 aromatic heterocycles. The zero-order valence-corrected chi connectivity index (χ0v) is 20.0. The zero-order chi connectivity index (χ0) is 24.6. The second-order valence-corrected chi connectivity index (χ2v) is 9.24. The standard InChI is InChI=1S/C26H29N3O6/c1-27-23(30)14-26(25(27)32,19-5-3-4-6-20(19)33-2)15-24(31)29-11-9-28(10-12-29)16-18-7-8-21-22(13-18)35-17-34-21/h3-8,13H,9-12,14-17H2,1-2H3. The number of hydrogen-bond donors (Lipinski definition) is 0. The average molecular weight is 480 g/mol. The number of imide groups is 1. The number of likely N-dealkylation sites (tertiary alicyclic amines) is 1. The van der Waals surface area contributed by atoms with Crippen molar-refractivity contribution in [1.29, 1.82) is 0 Å². The third kappa shape index (κ3) is 4.20. The van der Waals surface area contributed by atoms with Gasteiger partial charge in [-0.15, -0.1) is 0 Å². The van der Waals surface area contributed by atoms with E-state index in [9.17, 15) is 14.4 Å². The molecule has 0 saturated carbocycles. The van der Waals surface area contributed by atoms with E-state index in [2.05, 4.69) is 4.90 Å². The van der Waals surface area contributed by atoms with Crippen LogP contribution in [0.5, 0.6) is 17.2 Å². The summed E-state index contributed by atoms with van der Waals surface area (Å²) < 4.78 is 16.3. The van der Waals surface area contributed by atoms with Gasteiger partial charge >= 0.3 is 0 Å². The molecule has 1 atom stereocenters. The zero-order valence-electron chi connectivity index (χ0n) is 20.0. The molecule has 9 heteroatoms. The molecule has 2 saturated heterocycles. The molecular formula is C26H29N3O6. The summed E-state index contributed by atoms with van der Waals surface area (Å²) in [5, 5.41) is 0. The minimum atomic E-state index is -1.25. The maximum absolute atomic E-state index is 13.4. The molecule has 2 aromatic rings. The molecule has 3 aliphatic rings. The van der Waals surface area contributed by atoms with Crippen molar-refractivity contribution in [1.82, 2.24) is 14.7 Å². The molecule has 1 unspecified atom stereocenters. The highest BCUT2D eigenvalue weighted by Gasteiger charge is 2.54. The molecule has 9 nitrogen and oxygen atoms in total. The average Bonchev–Trinajstić information content (AvgIpc) is 3.43. The van der Waals surface area contributed by atoms with Crippen LogP contribution in [0.2, 0.25) is 0 Å². The van der Waals surface area contributed by atoms with Crippen molar-refractivity contribution in [3.05, 3.63) is 53.6 Å². The van der Waals surface area contributed by atoms with Gasteiger partial charge in [-0.1, -0.05) is 24.3 Å². The summed E-state index contributed by atoms with van der Waals surface area (Å²) in [4.78, 5) is 44.5. The molecule has 3 amide bonds. The number of amides is 3. The Morgan fingerprint density at radius 1 is 1.03 bits per heavy atom. The van der Waals surface area contributed by atoms with Crippen LogP contribution in [0, 0.1) is 0 Å². The fourth-order valence-electron chi connectivity index (χ4n) is 5.19. The quantitative estimate of drug-likeness (QED) is 0.584. The van der Waals surface area contributed by atoms with Crippen molar-refractivity contribution < 1.29 is 28.6 Å². The molecular weight excluding hydrogens is 450 g/mol. The lowest BCUT2D eigenvalue weighted by Gasteiger charge is -2.37. The van der Waals surface area contributed by atoms with Gasteiger partial charge in [-0.2, -0.15) is 0 Å². The summed E-state index contributed by atoms with van der Waals surface area (Å²) in [7, 11) is 3.00. The number of piperazine rings is 1. The van der Waals surface area contributed by atoms with Gasteiger partial charge in [-0.3, -0.25) is 24.2 Å². The Morgan fingerprint density at radius 2 is 1.77 bits per heavy atom. The van der Waals surface area contributed by atoms with Crippen molar-refractivity contribution in [2.75, 3.05) is 47.1 Å². The third-order valence-electron chi connectivity index (χ3n) is 7.18. The maximum Gasteiger partial charge on any atom is 0.240 e. The molecule has 3 heterocycles. The molecule has 0 N–H and O–H groups in total. The first-order chi connectivity index (χ1) is 16.9. The maximum atomic E-state index is 13.4. The Bertz CT molecular complexity index is 1160. The summed E-state index contributed by atoms with van der Waals surface area (Å²) >= 11 is 0. The van der Waals surface area contributed by atoms with Gasteiger partial charge < -0.3 is 19.1 Å². The Hall–Kier alpha value is -3.59. The van der Waals surface area contributed by atoms with E-state index in [1.54, 1.807) is 23.1 Å². The highest BCUT2D eigenvalue weighted by atomic mass is 16.7. The fraction of sp³-hybridized carbons (Fsp3) is 0.423. The number of nitrogens with zero attached hydrogens (tertiary/aromatic N) is 3. The van der Waals surface area contributed by atoms with E-state index in [-0.39, 0.29) is 37.4 Å². The lowest BCUT2D eigenvalue weighted by atomic mass is 9.75. The first kappa shape index (κ1) is 23.2. The number of methoxy groups -OCH3 is 1. The number of carbonyl (C=O) groups excluding carboxylic acids is 3. The normalized spacial score (nSPS) is 22.1. The van der Waals surface area contributed by atoms with Gasteiger partial charge in [0.05, 0.1) is 12.5 Å². The van der Waals surface area contributed by atoms with E-state index >= 15 is 0 Å². The lowest BCUT2D eigenvalue weighted by Crippen LogP contribution is -2.50. The SMILES string of the molecule is COc1ccccc1C1(CC(=O)N2CCN(Cc3ccc4c(c3)OCO4)CC2)CC(=O)N(C)C1=O. The molecule has 0 radical (unpaired) electrons. The van der Waals surface area contributed by atoms with Crippen molar-refractivity contribution >= 4 is 17.7 Å². The summed E-state index contributed by atoms with van der Waals surface area (Å²) in [6.07, 6.45) is -0.108. The van der Waals surface area contributed by atoms with E-state index < -0.39 is 5.41 Å². The highest BCUT2D eigenvalue weighted by Crippen LogP contribution is 2.43. The predicted molar refractivity (Wildman–Crippen MR) is 126 cm³/mol. The number of rotatable bonds is 6. The molecule has 184 valence electrons. The van der Waals surface area contributed by atoms with E-state index in [1.165, 1.54) is 14.2 Å². The number of likely N-dealkylation sites (N-methyl/N-ethyl adjacent to an activating group) is 1. The van der Waals surface area contributed by atoms with E-state index in [0.29, 0.717) is 37.5 Å². The summed E-state index contributed by atoms with van der Waals surface area (Å²) in [5.41, 5.74) is 0.460. The van der Waals surface area contributed by atoms with Gasteiger partial charge in [0.25, 0.3) is 0 Å². The minimum absolute atomic E-state index is 0.0431. The molecule has 2 aromatic carbocycles. The second-order valence-electron chi connectivity index (χ2n) is 9.24. The number of carbonyl (C=O) groups is 3. The smallest absolute Gasteiger partial charge is 0.240 e. The Balaban J connectivity index is 1.27. The van der Waals surface area contributed by atoms with Crippen molar-refractivity contribution in [2.24, 2.45) is 0 Å². The van der Waals surface area contributed by atoms with E-state index in [1.807, 2.05) is 24.3 Å². The van der Waals surface area contributed by atoms with Gasteiger partial charge in [0.15, 0.2) is 11.5 Å². The van der Waals surface area contributed by atoms with Gasteiger partial charge in [0, 0.05) is 58.2 Å². The van der Waals surface area contributed by atoms with Crippen LogP contribution in [0.4, 0.5) is 0 Å². The molecule has 35 heavy (non-hydrogen) atoms. The first-order valence-corrected chi connectivity index (χ1v) is 11.7. The van der Waals surface area contributed by atoms with Crippen LogP contribution in [-0.4, -0.2) is 79.6 Å². The molecule has 5 rings (SSSR count). The number of ether oxygens (including phenoxy) is 3. The van der Waals surface area contributed by atoms with Crippen molar-refractivity contribution in [3.63, 3.8) is 0 Å². The predicted octanol–water partition coefficient (Wildman–Crippen LogP) is 1.78. The van der Waals surface area contributed by atoms with Gasteiger partial charge in [-0.25, -0.2) is 0 Å². The second kappa shape index (κ2) is 9.22. The van der Waals surface area contributed by atoms with Crippen LogP contribution in [0.3, 0.4) is 0 Å². The summed E-state index contributed by atoms with van der Waals surface area (Å²) in [5.74, 6) is 1.25. The molecule has 0 bridgehead atoms. The van der Waals surface area contributed by atoms with Crippen LogP contribution in [0.15, 0.2) is 42.5 Å². The number of para-hydroxylation sites is 1. The van der Waals surface area contributed by atoms with Gasteiger partial charge in [0.1, 0.15) is 5.75 Å². The monoisotopic (exact) mass is 479 g/mol. The van der Waals surface area contributed by atoms with Crippen LogP contribution < -0.4 is 14.2 Å². The van der Waals surface area contributed by atoms with Gasteiger partial charge in [-0.05, 0) is 23.8 Å². The summed E-state index contributed by atoms with van der Waals surface area (Å²) in [6, 6.07) is 13.1. The van der Waals surface area contributed by atoms with Crippen LogP contribution in [0.25, 0.3) is 0 Å². The molecule has 0 spiro atoms. The van der Waals surface area contributed by atoms with Crippen molar-refractivity contribution in [2.45, 2.75) is 24.8 Å². The number of hydrogen-bond acceptors (Lipinski definition) is 7. The highest BCUT2D eigenvalue weighted by molar-refractivity contribution is 6.10. The van der Waals surface area contributed by atoms with Crippen LogP contribution >= 0.6 is 0 Å². The van der Waals surface area contributed by atoms with Crippen LogP contribution in [0.1, 0.15) is 24.0 Å². The Morgan fingerprint density at radius 3 is 2.49 bits per heavy atom. The number of benzene rings is 2. The topological polar surface area (TPSA) is 88.6 Å². The summed E-state index contributed by atoms with van der Waals surface area (Å²) in [6.45, 7) is 3.55. The first-order valence-electron chi connectivity index (χ1n) is 11.7. The molecule has 2 fully saturated rings. The Labute approximate surface area is 204 Å². The fourth-order valence-corrected chi connectivity index (χ4v) is 5.19. The minimum Gasteiger partial charge on any atom is -0.496 e. The lowest BCUT2D eigenvalue weighted by molar-refractivity contribution is -0.142. The largest absolute Gasteiger partial charge is 0.496 e. The molecule has 3 aliphatic heterocycles. The molecule has 0 aliphatic carbocycles. The van der Waals surface area contributed by atoms with E-state index in [4.69, 9.17) is 14.2 Å². The number of fused-ring (bicyclic) bond motifs is 1. The van der Waals surface area contributed by atoms with Gasteiger partial charge in [0.2, 0.25) is 24.5 Å². The van der Waals surface area contributed by atoms with Crippen LogP contribution in [-0.2, 0) is 26.3 Å². The van der Waals surface area contributed by atoms with Crippen molar-refractivity contribution in [3.8, 4) is 17.2 Å². The Kier molecular flexibility index (Phi) is 6.10. The van der Waals surface area contributed by atoms with E-state index in [0.717, 1.165) is 28.5 Å². The third-order valence-corrected chi connectivity index (χ3v) is 7.18.